The zero-order chi connectivity index (χ0) is 8.44. The summed E-state index contributed by atoms with van der Waals surface area (Å²) in [6.07, 6.45) is 5.46. The van der Waals surface area contributed by atoms with Crippen LogP contribution in [0.2, 0.25) is 0 Å². The van der Waals surface area contributed by atoms with E-state index in [1.54, 1.807) is 0 Å². The number of hydrogen-bond acceptors (Lipinski definition) is 3. The van der Waals surface area contributed by atoms with Crippen LogP contribution in [-0.2, 0) is 0 Å². The molecular weight excluding hydrogens is 168 g/mol. The van der Waals surface area contributed by atoms with E-state index in [0.29, 0.717) is 5.41 Å². The molecule has 2 aliphatic heterocycles. The van der Waals surface area contributed by atoms with E-state index in [1.807, 2.05) is 0 Å². The topological polar surface area (TPSA) is 15.3 Å². The van der Waals surface area contributed by atoms with Crippen molar-refractivity contribution in [2.45, 2.75) is 25.7 Å². The first-order valence-electron chi connectivity index (χ1n) is 4.95. The highest BCUT2D eigenvalue weighted by Crippen LogP contribution is 2.38. The summed E-state index contributed by atoms with van der Waals surface area (Å²) in [5, 5.41) is 3.43. The molecular formula is C9H18N2S. The Morgan fingerprint density at radius 2 is 1.92 bits per heavy atom. The van der Waals surface area contributed by atoms with Gasteiger partial charge in [0.2, 0.25) is 0 Å². The third kappa shape index (κ3) is 1.78. The van der Waals surface area contributed by atoms with Gasteiger partial charge in [-0.2, -0.15) is 0 Å². The lowest BCUT2D eigenvalue weighted by Crippen LogP contribution is -2.45. The summed E-state index contributed by atoms with van der Waals surface area (Å²) in [7, 11) is 0. The van der Waals surface area contributed by atoms with Gasteiger partial charge >= 0.3 is 0 Å². The highest BCUT2D eigenvalue weighted by molar-refractivity contribution is 7.77. The lowest BCUT2D eigenvalue weighted by molar-refractivity contribution is 0.111. The molecule has 1 spiro atoms. The number of piperidine rings is 2. The van der Waals surface area contributed by atoms with Crippen molar-refractivity contribution < 1.29 is 0 Å². The van der Waals surface area contributed by atoms with E-state index in [4.69, 9.17) is 0 Å². The highest BCUT2D eigenvalue weighted by Gasteiger charge is 2.35. The van der Waals surface area contributed by atoms with E-state index in [9.17, 15) is 0 Å². The summed E-state index contributed by atoms with van der Waals surface area (Å²) >= 11 is 4.46. The highest BCUT2D eigenvalue weighted by atomic mass is 32.1. The van der Waals surface area contributed by atoms with E-state index in [2.05, 4.69) is 22.4 Å². The monoisotopic (exact) mass is 186 g/mol. The van der Waals surface area contributed by atoms with Crippen molar-refractivity contribution in [1.82, 2.24) is 9.62 Å². The zero-order valence-corrected chi connectivity index (χ0v) is 8.45. The van der Waals surface area contributed by atoms with Crippen molar-refractivity contribution in [3.63, 3.8) is 0 Å². The molecule has 2 saturated heterocycles. The van der Waals surface area contributed by atoms with E-state index in [-0.39, 0.29) is 0 Å². The molecule has 0 atom stereocenters. The van der Waals surface area contributed by atoms with Crippen LogP contribution in [0.4, 0.5) is 0 Å². The van der Waals surface area contributed by atoms with E-state index < -0.39 is 0 Å². The fourth-order valence-electron chi connectivity index (χ4n) is 2.55. The lowest BCUT2D eigenvalue weighted by atomic mass is 9.73. The Morgan fingerprint density at radius 1 is 1.17 bits per heavy atom. The van der Waals surface area contributed by atoms with Crippen LogP contribution in [0.1, 0.15) is 25.7 Å². The summed E-state index contributed by atoms with van der Waals surface area (Å²) < 4.78 is 2.20. The predicted octanol–water partition coefficient (Wildman–Crippen LogP) is 1.30. The molecule has 0 amide bonds. The summed E-state index contributed by atoms with van der Waals surface area (Å²) in [6.45, 7) is 4.80. The molecule has 1 N–H and O–H groups in total. The van der Waals surface area contributed by atoms with Gasteiger partial charge in [0.1, 0.15) is 0 Å². The van der Waals surface area contributed by atoms with Crippen LogP contribution in [0, 0.1) is 5.41 Å². The molecule has 2 heterocycles. The van der Waals surface area contributed by atoms with Gasteiger partial charge in [-0.1, -0.05) is 12.8 Å². The molecule has 0 saturated carbocycles. The van der Waals surface area contributed by atoms with Crippen LogP contribution in [0.25, 0.3) is 0 Å². The van der Waals surface area contributed by atoms with Gasteiger partial charge < -0.3 is 5.32 Å². The van der Waals surface area contributed by atoms with Crippen LogP contribution < -0.4 is 5.32 Å². The third-order valence-corrected chi connectivity index (χ3v) is 3.65. The minimum atomic E-state index is 0.616. The SMILES string of the molecule is SN1CCCC2(CCNCC2)C1. The molecule has 0 aliphatic carbocycles. The molecule has 12 heavy (non-hydrogen) atoms. The summed E-state index contributed by atoms with van der Waals surface area (Å²) in [6, 6.07) is 0. The fraction of sp³-hybridized carbons (Fsp3) is 1.00. The van der Waals surface area contributed by atoms with E-state index in [1.165, 1.54) is 51.9 Å². The van der Waals surface area contributed by atoms with Crippen molar-refractivity contribution >= 4 is 12.8 Å². The zero-order valence-electron chi connectivity index (χ0n) is 7.55. The molecule has 3 heteroatoms. The van der Waals surface area contributed by atoms with Crippen molar-refractivity contribution in [2.24, 2.45) is 5.41 Å². The van der Waals surface area contributed by atoms with Gasteiger partial charge in [-0.25, -0.2) is 0 Å². The number of nitrogens with zero attached hydrogens (tertiary/aromatic N) is 1. The molecule has 70 valence electrons. The number of nitrogens with one attached hydrogen (secondary N) is 1. The first-order chi connectivity index (χ1) is 5.81. The van der Waals surface area contributed by atoms with Crippen molar-refractivity contribution in [1.29, 1.82) is 0 Å². The number of hydrogen-bond donors (Lipinski definition) is 2. The average Bonchev–Trinajstić information content (AvgIpc) is 2.05. The smallest absolute Gasteiger partial charge is 0.0145 e. The standard InChI is InChI=1S/C9H18N2S/c12-11-7-1-2-9(8-11)3-5-10-6-4-9/h10,12H,1-8H2. The Labute approximate surface area is 80.2 Å². The van der Waals surface area contributed by atoms with Gasteiger partial charge in [0.25, 0.3) is 0 Å². The van der Waals surface area contributed by atoms with Gasteiger partial charge in [0.05, 0.1) is 0 Å². The maximum atomic E-state index is 4.46. The van der Waals surface area contributed by atoms with Crippen molar-refractivity contribution in [3.05, 3.63) is 0 Å². The van der Waals surface area contributed by atoms with Gasteiger partial charge in [-0.3, -0.25) is 4.31 Å². The second kappa shape index (κ2) is 3.56. The fourth-order valence-corrected chi connectivity index (χ4v) is 2.99. The molecule has 2 rings (SSSR count). The largest absolute Gasteiger partial charge is 0.317 e. The molecule has 0 aromatic carbocycles. The molecule has 2 fully saturated rings. The molecule has 2 aliphatic rings. The molecule has 0 unspecified atom stereocenters. The Hall–Kier alpha value is 0.270. The lowest BCUT2D eigenvalue weighted by Gasteiger charge is -2.43. The summed E-state index contributed by atoms with van der Waals surface area (Å²) in [5.41, 5.74) is 0.616. The molecule has 0 radical (unpaired) electrons. The van der Waals surface area contributed by atoms with Crippen molar-refractivity contribution in [3.8, 4) is 0 Å². The van der Waals surface area contributed by atoms with Gasteiger partial charge in [-0.15, -0.1) is 0 Å². The van der Waals surface area contributed by atoms with Crippen LogP contribution >= 0.6 is 12.8 Å². The number of thiol groups is 1. The molecule has 0 bridgehead atoms. The van der Waals surface area contributed by atoms with Crippen LogP contribution in [0.15, 0.2) is 0 Å². The first kappa shape index (κ1) is 8.85. The van der Waals surface area contributed by atoms with Gasteiger partial charge in [0.15, 0.2) is 0 Å². The van der Waals surface area contributed by atoms with Gasteiger partial charge in [0, 0.05) is 13.1 Å². The first-order valence-corrected chi connectivity index (χ1v) is 5.35. The molecule has 0 aromatic heterocycles. The Balaban J connectivity index is 1.97. The summed E-state index contributed by atoms with van der Waals surface area (Å²) in [4.78, 5) is 0. The summed E-state index contributed by atoms with van der Waals surface area (Å²) in [5.74, 6) is 0. The van der Waals surface area contributed by atoms with E-state index >= 15 is 0 Å². The Kier molecular flexibility index (Phi) is 2.63. The van der Waals surface area contributed by atoms with Crippen LogP contribution in [0.3, 0.4) is 0 Å². The van der Waals surface area contributed by atoms with E-state index in [0.717, 1.165) is 0 Å². The second-order valence-corrected chi connectivity index (χ2v) is 4.81. The normalized spacial score (nSPS) is 30.8. The number of rotatable bonds is 0. The minimum Gasteiger partial charge on any atom is -0.317 e. The third-order valence-electron chi connectivity index (χ3n) is 3.31. The molecule has 2 nitrogen and oxygen atoms in total. The van der Waals surface area contributed by atoms with Crippen LogP contribution in [0.5, 0.6) is 0 Å². The average molecular weight is 186 g/mol. The second-order valence-electron chi connectivity index (χ2n) is 4.24. The van der Waals surface area contributed by atoms with Crippen LogP contribution in [-0.4, -0.2) is 30.5 Å². The minimum absolute atomic E-state index is 0.616. The predicted molar refractivity (Wildman–Crippen MR) is 54.3 cm³/mol. The molecule has 0 aromatic rings. The maximum absolute atomic E-state index is 4.46. The quantitative estimate of drug-likeness (QED) is 0.554. The van der Waals surface area contributed by atoms with Gasteiger partial charge in [-0.05, 0) is 44.2 Å². The Morgan fingerprint density at radius 3 is 2.58 bits per heavy atom. The van der Waals surface area contributed by atoms with Crippen molar-refractivity contribution in [2.75, 3.05) is 26.2 Å². The maximum Gasteiger partial charge on any atom is 0.0145 e. The Bertz CT molecular complexity index is 149.